The van der Waals surface area contributed by atoms with Crippen LogP contribution >= 0.6 is 11.3 Å². The number of allylic oxidation sites excluding steroid dienone is 2. The molecule has 7 heteroatoms. The van der Waals surface area contributed by atoms with E-state index in [1.54, 1.807) is 39.8 Å². The fourth-order valence-corrected chi connectivity index (χ4v) is 6.31. The van der Waals surface area contributed by atoms with E-state index < -0.39 is 0 Å². The number of thiophene rings is 1. The average Bonchev–Trinajstić information content (AvgIpc) is 3.31. The highest BCUT2D eigenvalue weighted by Gasteiger charge is 2.41. The van der Waals surface area contributed by atoms with Crippen molar-refractivity contribution < 1.29 is 23.7 Å². The highest BCUT2D eigenvalue weighted by Crippen LogP contribution is 2.53. The number of Topliss-reactive ketones (excluding diaryl/α,β-unsaturated/α-hetero) is 1. The van der Waals surface area contributed by atoms with Gasteiger partial charge in [-0.1, -0.05) is 6.07 Å². The van der Waals surface area contributed by atoms with Crippen LogP contribution in [-0.4, -0.2) is 34.2 Å². The Labute approximate surface area is 209 Å². The summed E-state index contributed by atoms with van der Waals surface area (Å²) in [5.41, 5.74) is 5.92. The summed E-state index contributed by atoms with van der Waals surface area (Å²) in [6.07, 6.45) is 1.15. The molecule has 2 heterocycles. The number of carbonyl (C=O) groups excluding carboxylic acids is 1. The normalized spacial score (nSPS) is 18.9. The summed E-state index contributed by atoms with van der Waals surface area (Å²) in [7, 11) is 6.56. The summed E-state index contributed by atoms with van der Waals surface area (Å²) < 4.78 is 22.3. The quantitative estimate of drug-likeness (QED) is 0.453. The number of hydrogen-bond donors (Lipinski definition) is 1. The summed E-state index contributed by atoms with van der Waals surface area (Å²) in [4.78, 5) is 15.0. The number of carbonyl (C=O) groups is 1. The van der Waals surface area contributed by atoms with Crippen LogP contribution in [0.5, 0.6) is 23.0 Å². The standard InChI is InChI=1S/C28H29NO5S/c1-15-8-9-35-28(15)27-25-19(29-20-13-18(31-2)14-24(34-5)26(20)27)10-17(11-21(25)30)16-6-7-22(32-3)23(12-16)33-4/h6-9,12-14,17,27,29H,10-11H2,1-5H3/t17-,27+/m0/s1. The number of hydrogen-bond acceptors (Lipinski definition) is 7. The van der Waals surface area contributed by atoms with Gasteiger partial charge in [-0.25, -0.2) is 0 Å². The van der Waals surface area contributed by atoms with Gasteiger partial charge in [0.25, 0.3) is 0 Å². The number of rotatable bonds is 6. The molecule has 2 atom stereocenters. The number of anilines is 1. The molecule has 6 nitrogen and oxygen atoms in total. The lowest BCUT2D eigenvalue weighted by atomic mass is 9.73. The number of ketones is 1. The van der Waals surface area contributed by atoms with E-state index in [1.807, 2.05) is 30.3 Å². The number of fused-ring (bicyclic) bond motifs is 1. The second-order valence-electron chi connectivity index (χ2n) is 8.85. The first-order valence-electron chi connectivity index (χ1n) is 11.5. The van der Waals surface area contributed by atoms with Crippen LogP contribution in [0.2, 0.25) is 0 Å². The van der Waals surface area contributed by atoms with E-state index in [9.17, 15) is 4.79 Å². The van der Waals surface area contributed by atoms with Crippen LogP contribution in [0.25, 0.3) is 0 Å². The molecule has 35 heavy (non-hydrogen) atoms. The zero-order valence-corrected chi connectivity index (χ0v) is 21.4. The molecule has 1 N–H and O–H groups in total. The summed E-state index contributed by atoms with van der Waals surface area (Å²) in [5, 5.41) is 5.67. The van der Waals surface area contributed by atoms with E-state index in [2.05, 4.69) is 23.7 Å². The number of nitrogens with one attached hydrogen (secondary N) is 1. The van der Waals surface area contributed by atoms with Gasteiger partial charge in [0.05, 0.1) is 34.4 Å². The Bertz CT molecular complexity index is 1320. The Morgan fingerprint density at radius 2 is 1.66 bits per heavy atom. The van der Waals surface area contributed by atoms with E-state index in [4.69, 9.17) is 18.9 Å². The molecule has 0 amide bonds. The van der Waals surface area contributed by atoms with Crippen molar-refractivity contribution in [3.63, 3.8) is 0 Å². The molecular weight excluding hydrogens is 462 g/mol. The minimum absolute atomic E-state index is 0.0349. The molecule has 1 aliphatic carbocycles. The molecule has 0 saturated carbocycles. The van der Waals surface area contributed by atoms with Crippen LogP contribution in [0.15, 0.2) is 53.0 Å². The van der Waals surface area contributed by atoms with Gasteiger partial charge in [-0.3, -0.25) is 4.79 Å². The molecule has 1 aromatic heterocycles. The molecule has 0 bridgehead atoms. The topological polar surface area (TPSA) is 66.0 Å². The molecule has 3 aromatic rings. The lowest BCUT2D eigenvalue weighted by Crippen LogP contribution is -2.30. The van der Waals surface area contributed by atoms with Gasteiger partial charge in [0, 0.05) is 46.0 Å². The van der Waals surface area contributed by atoms with Crippen molar-refractivity contribution >= 4 is 22.8 Å². The smallest absolute Gasteiger partial charge is 0.162 e. The number of ether oxygens (including phenoxy) is 4. The largest absolute Gasteiger partial charge is 0.497 e. The van der Waals surface area contributed by atoms with Crippen molar-refractivity contribution in [3.05, 3.63) is 74.6 Å². The van der Waals surface area contributed by atoms with E-state index in [0.717, 1.165) is 34.5 Å². The maximum atomic E-state index is 13.8. The van der Waals surface area contributed by atoms with Crippen molar-refractivity contribution in [1.29, 1.82) is 0 Å². The molecule has 5 rings (SSSR count). The molecule has 1 aliphatic heterocycles. The van der Waals surface area contributed by atoms with E-state index in [-0.39, 0.29) is 17.6 Å². The Balaban J connectivity index is 1.63. The Morgan fingerprint density at radius 1 is 0.886 bits per heavy atom. The van der Waals surface area contributed by atoms with Crippen LogP contribution in [0.4, 0.5) is 5.69 Å². The van der Waals surface area contributed by atoms with Crippen molar-refractivity contribution in [3.8, 4) is 23.0 Å². The average molecular weight is 492 g/mol. The van der Waals surface area contributed by atoms with Crippen LogP contribution in [0.1, 0.15) is 46.2 Å². The fourth-order valence-electron chi connectivity index (χ4n) is 5.27. The minimum Gasteiger partial charge on any atom is -0.497 e. The summed E-state index contributed by atoms with van der Waals surface area (Å²) in [6.45, 7) is 2.10. The third-order valence-electron chi connectivity index (χ3n) is 6.98. The summed E-state index contributed by atoms with van der Waals surface area (Å²) >= 11 is 1.68. The van der Waals surface area contributed by atoms with Crippen molar-refractivity contribution in [2.24, 2.45) is 0 Å². The van der Waals surface area contributed by atoms with Gasteiger partial charge < -0.3 is 24.3 Å². The van der Waals surface area contributed by atoms with Gasteiger partial charge in [0.2, 0.25) is 0 Å². The predicted molar refractivity (Wildman–Crippen MR) is 138 cm³/mol. The van der Waals surface area contributed by atoms with E-state index >= 15 is 0 Å². The highest BCUT2D eigenvalue weighted by molar-refractivity contribution is 7.10. The third-order valence-corrected chi connectivity index (χ3v) is 8.07. The molecule has 0 unspecified atom stereocenters. The lowest BCUT2D eigenvalue weighted by molar-refractivity contribution is -0.116. The molecular formula is C28H29NO5S. The second kappa shape index (κ2) is 9.30. The molecule has 2 aromatic carbocycles. The lowest BCUT2D eigenvalue weighted by Gasteiger charge is -2.37. The Kier molecular flexibility index (Phi) is 6.19. The van der Waals surface area contributed by atoms with Crippen molar-refractivity contribution in [1.82, 2.24) is 0 Å². The monoisotopic (exact) mass is 491 g/mol. The first-order chi connectivity index (χ1) is 17.0. The highest BCUT2D eigenvalue weighted by atomic mass is 32.1. The molecule has 2 aliphatic rings. The number of benzene rings is 2. The summed E-state index contributed by atoms with van der Waals surface area (Å²) in [5.74, 6) is 2.77. The molecule has 0 spiro atoms. The molecule has 0 saturated heterocycles. The third kappa shape index (κ3) is 3.93. The van der Waals surface area contributed by atoms with Gasteiger partial charge in [0.15, 0.2) is 17.3 Å². The minimum atomic E-state index is -0.180. The van der Waals surface area contributed by atoms with Crippen LogP contribution in [-0.2, 0) is 4.79 Å². The predicted octanol–water partition coefficient (Wildman–Crippen LogP) is 6.05. The summed E-state index contributed by atoms with van der Waals surface area (Å²) in [6, 6.07) is 11.9. The number of methoxy groups -OCH3 is 4. The first kappa shape index (κ1) is 23.3. The Hall–Kier alpha value is -3.45. The fraction of sp³-hybridized carbons (Fsp3) is 0.321. The molecule has 182 valence electrons. The molecule has 0 radical (unpaired) electrons. The van der Waals surface area contributed by atoms with Crippen molar-refractivity contribution in [2.75, 3.05) is 33.8 Å². The maximum absolute atomic E-state index is 13.8. The maximum Gasteiger partial charge on any atom is 0.162 e. The van der Waals surface area contributed by atoms with Gasteiger partial charge in [-0.15, -0.1) is 11.3 Å². The van der Waals surface area contributed by atoms with Crippen LogP contribution < -0.4 is 24.3 Å². The zero-order valence-electron chi connectivity index (χ0n) is 20.6. The van der Waals surface area contributed by atoms with Crippen molar-refractivity contribution in [2.45, 2.75) is 31.6 Å². The van der Waals surface area contributed by atoms with Gasteiger partial charge in [0.1, 0.15) is 11.5 Å². The SMILES string of the molecule is COc1cc2c(c(OC)c1)[C@H](c1sccc1C)C1=C(C[C@H](c3ccc(OC)c(OC)c3)CC1=O)N2. The van der Waals surface area contributed by atoms with Crippen LogP contribution in [0, 0.1) is 6.92 Å². The van der Waals surface area contributed by atoms with E-state index in [1.165, 1.54) is 10.4 Å². The van der Waals surface area contributed by atoms with Gasteiger partial charge >= 0.3 is 0 Å². The first-order valence-corrected chi connectivity index (χ1v) is 12.4. The van der Waals surface area contributed by atoms with Gasteiger partial charge in [-0.05, 0) is 54.0 Å². The Morgan fingerprint density at radius 3 is 2.31 bits per heavy atom. The van der Waals surface area contributed by atoms with Crippen LogP contribution in [0.3, 0.4) is 0 Å². The van der Waals surface area contributed by atoms with E-state index in [0.29, 0.717) is 29.4 Å². The molecule has 0 fully saturated rings. The number of aryl methyl sites for hydroxylation is 1. The van der Waals surface area contributed by atoms with Gasteiger partial charge in [-0.2, -0.15) is 0 Å². The zero-order chi connectivity index (χ0) is 24.7. The second-order valence-corrected chi connectivity index (χ2v) is 9.80.